The summed E-state index contributed by atoms with van der Waals surface area (Å²) in [5.74, 6) is 0. The summed E-state index contributed by atoms with van der Waals surface area (Å²) in [7, 11) is -3.63. The topological polar surface area (TPSA) is 56.1 Å². The van der Waals surface area contributed by atoms with Gasteiger partial charge >= 0.3 is 0 Å². The zero-order valence-corrected chi connectivity index (χ0v) is 13.1. The summed E-state index contributed by atoms with van der Waals surface area (Å²) in [6, 6.07) is 8.17. The minimum atomic E-state index is -3.63. The van der Waals surface area contributed by atoms with Gasteiger partial charge in [-0.25, -0.2) is 12.4 Å². The molecule has 0 aliphatic carbocycles. The van der Waals surface area contributed by atoms with Crippen LogP contribution in [0.4, 0.5) is 0 Å². The Labute approximate surface area is 126 Å². The Morgan fingerprint density at radius 2 is 1.85 bits per heavy atom. The highest BCUT2D eigenvalue weighted by Crippen LogP contribution is 2.18. The Morgan fingerprint density at radius 1 is 1.15 bits per heavy atom. The predicted molar refractivity (Wildman–Crippen MR) is 81.0 cm³/mol. The maximum atomic E-state index is 12.4. The van der Waals surface area contributed by atoms with E-state index in [4.69, 9.17) is 0 Å². The normalized spacial score (nSPS) is 11.4. The number of aryl methyl sites for hydroxylation is 1. The highest BCUT2D eigenvalue weighted by molar-refractivity contribution is 9.09. The Morgan fingerprint density at radius 3 is 2.45 bits per heavy atom. The van der Waals surface area contributed by atoms with Crippen molar-refractivity contribution in [3.8, 4) is 0 Å². The number of benzene rings is 1. The first-order valence-corrected chi connectivity index (χ1v) is 8.68. The SMILES string of the molecule is O=Cc1cn(S(=O)(=O)c2ccccc2)cc1CCCBr. The second-order valence-electron chi connectivity index (χ2n) is 4.30. The molecule has 0 amide bonds. The van der Waals surface area contributed by atoms with Crippen molar-refractivity contribution in [2.75, 3.05) is 5.33 Å². The van der Waals surface area contributed by atoms with E-state index in [0.717, 1.165) is 21.3 Å². The maximum Gasteiger partial charge on any atom is 0.267 e. The van der Waals surface area contributed by atoms with Gasteiger partial charge in [-0.15, -0.1) is 0 Å². The van der Waals surface area contributed by atoms with Gasteiger partial charge in [-0.1, -0.05) is 34.1 Å². The summed E-state index contributed by atoms with van der Waals surface area (Å²) in [6.45, 7) is 0. The van der Waals surface area contributed by atoms with Crippen LogP contribution in [0.25, 0.3) is 0 Å². The molecule has 1 heterocycles. The number of halogens is 1. The predicted octanol–water partition coefficient (Wildman–Crippen LogP) is 2.87. The van der Waals surface area contributed by atoms with E-state index in [9.17, 15) is 13.2 Å². The van der Waals surface area contributed by atoms with Gasteiger partial charge in [-0.2, -0.15) is 0 Å². The van der Waals surface area contributed by atoms with Crippen LogP contribution in [0.5, 0.6) is 0 Å². The largest absolute Gasteiger partial charge is 0.298 e. The fourth-order valence-corrected chi connectivity index (χ4v) is 3.45. The Balaban J connectivity index is 2.43. The Kier molecular flexibility index (Phi) is 4.77. The molecule has 2 rings (SSSR count). The van der Waals surface area contributed by atoms with Crippen LogP contribution in [0.2, 0.25) is 0 Å². The lowest BCUT2D eigenvalue weighted by Crippen LogP contribution is -2.10. The number of aromatic nitrogens is 1. The molecule has 4 nitrogen and oxygen atoms in total. The zero-order chi connectivity index (χ0) is 14.6. The van der Waals surface area contributed by atoms with E-state index in [1.807, 2.05) is 0 Å². The van der Waals surface area contributed by atoms with Crippen molar-refractivity contribution < 1.29 is 13.2 Å². The third kappa shape index (κ3) is 3.02. The van der Waals surface area contributed by atoms with Crippen molar-refractivity contribution in [1.29, 1.82) is 0 Å². The van der Waals surface area contributed by atoms with E-state index in [0.29, 0.717) is 18.3 Å². The molecule has 106 valence electrons. The first kappa shape index (κ1) is 15.0. The zero-order valence-electron chi connectivity index (χ0n) is 10.7. The number of rotatable bonds is 6. The second kappa shape index (κ2) is 6.37. The Bertz CT molecular complexity index is 692. The number of nitrogens with zero attached hydrogens (tertiary/aromatic N) is 1. The minimum Gasteiger partial charge on any atom is -0.298 e. The summed E-state index contributed by atoms with van der Waals surface area (Å²) >= 11 is 3.32. The van der Waals surface area contributed by atoms with Crippen LogP contribution in [-0.4, -0.2) is 24.0 Å². The third-order valence-corrected chi connectivity index (χ3v) is 5.14. The van der Waals surface area contributed by atoms with Crippen molar-refractivity contribution in [2.24, 2.45) is 0 Å². The monoisotopic (exact) mass is 355 g/mol. The smallest absolute Gasteiger partial charge is 0.267 e. The number of hydrogen-bond acceptors (Lipinski definition) is 3. The summed E-state index contributed by atoms with van der Waals surface area (Å²) in [5.41, 5.74) is 1.17. The molecule has 0 saturated heterocycles. The second-order valence-corrected chi connectivity index (χ2v) is 6.93. The number of carbonyl (C=O) groups excluding carboxylic acids is 1. The van der Waals surface area contributed by atoms with E-state index >= 15 is 0 Å². The third-order valence-electron chi connectivity index (χ3n) is 2.95. The summed E-state index contributed by atoms with van der Waals surface area (Å²) in [6.07, 6.45) is 5.10. The molecule has 2 aromatic rings. The molecule has 0 fully saturated rings. The average Bonchev–Trinajstić information content (AvgIpc) is 2.90. The quantitative estimate of drug-likeness (QED) is 0.591. The van der Waals surface area contributed by atoms with Crippen LogP contribution in [0.1, 0.15) is 22.3 Å². The average molecular weight is 356 g/mol. The van der Waals surface area contributed by atoms with Gasteiger partial charge in [0.25, 0.3) is 10.0 Å². The molecule has 20 heavy (non-hydrogen) atoms. The van der Waals surface area contributed by atoms with Crippen LogP contribution >= 0.6 is 15.9 Å². The lowest BCUT2D eigenvalue weighted by molar-refractivity contribution is 0.112. The standard InChI is InChI=1S/C14H14BrNO3S/c15-8-4-5-12-9-16(10-13(12)11-17)20(18,19)14-6-2-1-3-7-14/h1-3,6-7,9-11H,4-5,8H2. The Hall–Kier alpha value is -1.40. The van der Waals surface area contributed by atoms with E-state index < -0.39 is 10.0 Å². The number of carbonyl (C=O) groups is 1. The van der Waals surface area contributed by atoms with Gasteiger partial charge in [0.05, 0.1) is 4.90 Å². The summed E-state index contributed by atoms with van der Waals surface area (Å²) in [5, 5.41) is 0.807. The molecular weight excluding hydrogens is 342 g/mol. The molecule has 6 heteroatoms. The van der Waals surface area contributed by atoms with Crippen LogP contribution < -0.4 is 0 Å². The van der Waals surface area contributed by atoms with Crippen LogP contribution in [-0.2, 0) is 16.4 Å². The van der Waals surface area contributed by atoms with Crippen molar-refractivity contribution in [3.05, 3.63) is 53.9 Å². The number of aldehydes is 1. The van der Waals surface area contributed by atoms with Crippen LogP contribution in [0.15, 0.2) is 47.6 Å². The van der Waals surface area contributed by atoms with E-state index in [2.05, 4.69) is 15.9 Å². The highest BCUT2D eigenvalue weighted by atomic mass is 79.9. The van der Waals surface area contributed by atoms with Gasteiger partial charge in [0.1, 0.15) is 0 Å². The lowest BCUT2D eigenvalue weighted by atomic mass is 10.1. The number of hydrogen-bond donors (Lipinski definition) is 0. The summed E-state index contributed by atoms with van der Waals surface area (Å²) in [4.78, 5) is 11.3. The molecule has 0 saturated carbocycles. The molecule has 0 unspecified atom stereocenters. The molecular formula is C14H14BrNO3S. The minimum absolute atomic E-state index is 0.208. The van der Waals surface area contributed by atoms with E-state index in [1.54, 1.807) is 18.2 Å². The van der Waals surface area contributed by atoms with Crippen molar-refractivity contribution >= 4 is 32.2 Å². The van der Waals surface area contributed by atoms with E-state index in [1.165, 1.54) is 24.5 Å². The fraction of sp³-hybridized carbons (Fsp3) is 0.214. The molecule has 0 radical (unpaired) electrons. The molecule has 0 bridgehead atoms. The molecule has 0 aliphatic rings. The maximum absolute atomic E-state index is 12.4. The lowest BCUT2D eigenvalue weighted by Gasteiger charge is -2.04. The molecule has 0 aliphatic heterocycles. The molecule has 0 spiro atoms. The van der Waals surface area contributed by atoms with Crippen molar-refractivity contribution in [3.63, 3.8) is 0 Å². The van der Waals surface area contributed by atoms with Gasteiger partial charge in [0.15, 0.2) is 6.29 Å². The molecule has 0 N–H and O–H groups in total. The first-order valence-electron chi connectivity index (χ1n) is 6.12. The van der Waals surface area contributed by atoms with Gasteiger partial charge < -0.3 is 0 Å². The number of alkyl halides is 1. The van der Waals surface area contributed by atoms with Gasteiger partial charge in [-0.3, -0.25) is 4.79 Å². The van der Waals surface area contributed by atoms with Crippen LogP contribution in [0.3, 0.4) is 0 Å². The highest BCUT2D eigenvalue weighted by Gasteiger charge is 2.18. The fourth-order valence-electron chi connectivity index (χ4n) is 1.91. The van der Waals surface area contributed by atoms with Crippen molar-refractivity contribution in [2.45, 2.75) is 17.7 Å². The van der Waals surface area contributed by atoms with Crippen LogP contribution in [0, 0.1) is 0 Å². The van der Waals surface area contributed by atoms with Gasteiger partial charge in [-0.05, 0) is 30.5 Å². The van der Waals surface area contributed by atoms with E-state index in [-0.39, 0.29) is 4.90 Å². The molecule has 1 aromatic heterocycles. The van der Waals surface area contributed by atoms with Gasteiger partial charge in [0.2, 0.25) is 0 Å². The first-order chi connectivity index (χ1) is 9.59. The van der Waals surface area contributed by atoms with Gasteiger partial charge in [0, 0.05) is 23.3 Å². The molecule has 0 atom stereocenters. The summed E-state index contributed by atoms with van der Waals surface area (Å²) < 4.78 is 26.0. The van der Waals surface area contributed by atoms with Crippen molar-refractivity contribution in [1.82, 2.24) is 3.97 Å². The molecule has 1 aromatic carbocycles.